The van der Waals surface area contributed by atoms with Crippen LogP contribution in [0.4, 0.5) is 5.82 Å². The van der Waals surface area contributed by atoms with Crippen LogP contribution in [0.1, 0.15) is 27.6 Å². The number of nitrogens with zero attached hydrogens (tertiary/aromatic N) is 2. The van der Waals surface area contributed by atoms with Gasteiger partial charge in [-0.1, -0.05) is 12.1 Å². The lowest BCUT2D eigenvalue weighted by molar-refractivity contribution is -0.116. The van der Waals surface area contributed by atoms with Gasteiger partial charge in [-0.05, 0) is 31.2 Å². The van der Waals surface area contributed by atoms with Gasteiger partial charge in [0.15, 0.2) is 11.6 Å². The maximum absolute atomic E-state index is 12.2. The first-order valence-electron chi connectivity index (χ1n) is 7.44. The van der Waals surface area contributed by atoms with Crippen LogP contribution in [0.25, 0.3) is 0 Å². The van der Waals surface area contributed by atoms with Crippen LogP contribution >= 0.6 is 0 Å². The molecular formula is C17H15N3O4. The number of carbonyl (C=O) groups excluding carboxylic acids is 3. The van der Waals surface area contributed by atoms with Crippen LogP contribution in [-0.4, -0.2) is 40.8 Å². The first-order valence-corrected chi connectivity index (χ1v) is 7.44. The number of hydrogen-bond acceptors (Lipinski definition) is 5. The third-order valence-corrected chi connectivity index (χ3v) is 3.51. The molecule has 0 aliphatic carbocycles. The number of ether oxygens (including phenoxy) is 1. The zero-order valence-electron chi connectivity index (χ0n) is 13.0. The Bertz CT molecular complexity index is 784. The summed E-state index contributed by atoms with van der Waals surface area (Å²) in [5.41, 5.74) is 0.617. The molecule has 0 atom stereocenters. The van der Waals surface area contributed by atoms with Gasteiger partial charge < -0.3 is 10.1 Å². The second-order valence-electron chi connectivity index (χ2n) is 5.07. The summed E-state index contributed by atoms with van der Waals surface area (Å²) >= 11 is 0. The molecule has 1 aliphatic rings. The molecule has 7 heteroatoms. The lowest BCUT2D eigenvalue weighted by atomic mass is 10.1. The van der Waals surface area contributed by atoms with Gasteiger partial charge in [0, 0.05) is 6.20 Å². The van der Waals surface area contributed by atoms with E-state index in [-0.39, 0.29) is 12.4 Å². The number of rotatable bonds is 5. The van der Waals surface area contributed by atoms with Crippen molar-refractivity contribution in [3.05, 3.63) is 53.7 Å². The normalized spacial score (nSPS) is 13.0. The molecule has 24 heavy (non-hydrogen) atoms. The van der Waals surface area contributed by atoms with Crippen LogP contribution in [0, 0.1) is 0 Å². The van der Waals surface area contributed by atoms with Gasteiger partial charge in [0.25, 0.3) is 11.8 Å². The van der Waals surface area contributed by atoms with Gasteiger partial charge in [-0.15, -0.1) is 0 Å². The fourth-order valence-corrected chi connectivity index (χ4v) is 2.45. The highest BCUT2D eigenvalue weighted by Gasteiger charge is 2.36. The second kappa shape index (κ2) is 6.49. The number of anilines is 1. The minimum absolute atomic E-state index is 0.251. The molecule has 1 aromatic carbocycles. The van der Waals surface area contributed by atoms with E-state index in [0.29, 0.717) is 23.5 Å². The van der Waals surface area contributed by atoms with Crippen molar-refractivity contribution in [2.75, 3.05) is 18.5 Å². The van der Waals surface area contributed by atoms with E-state index in [1.807, 2.05) is 6.92 Å². The molecule has 1 aromatic heterocycles. The highest BCUT2D eigenvalue weighted by Crippen LogP contribution is 2.23. The summed E-state index contributed by atoms with van der Waals surface area (Å²) in [5, 5.41) is 2.57. The Morgan fingerprint density at radius 3 is 2.42 bits per heavy atom. The predicted molar refractivity (Wildman–Crippen MR) is 85.8 cm³/mol. The number of aromatic nitrogens is 1. The summed E-state index contributed by atoms with van der Waals surface area (Å²) in [7, 11) is 0. The standard InChI is InChI=1S/C17H15N3O4/c1-2-24-13-8-5-9-18-15(13)19-14(21)10-20-16(22)11-6-3-4-7-12(11)17(20)23/h3-9H,2,10H2,1H3,(H,18,19,21). The van der Waals surface area contributed by atoms with Crippen LogP contribution < -0.4 is 10.1 Å². The van der Waals surface area contributed by atoms with E-state index in [1.165, 1.54) is 6.20 Å². The predicted octanol–water partition coefficient (Wildman–Crippen LogP) is 1.71. The minimum Gasteiger partial charge on any atom is -0.490 e. The number of fused-ring (bicyclic) bond motifs is 1. The smallest absolute Gasteiger partial charge is 0.262 e. The van der Waals surface area contributed by atoms with Gasteiger partial charge >= 0.3 is 0 Å². The van der Waals surface area contributed by atoms with Crippen LogP contribution in [0.3, 0.4) is 0 Å². The van der Waals surface area contributed by atoms with Crippen molar-refractivity contribution < 1.29 is 19.1 Å². The minimum atomic E-state index is -0.524. The lowest BCUT2D eigenvalue weighted by Crippen LogP contribution is -2.37. The van der Waals surface area contributed by atoms with Crippen LogP contribution in [0.2, 0.25) is 0 Å². The molecule has 7 nitrogen and oxygen atoms in total. The molecular weight excluding hydrogens is 310 g/mol. The molecule has 1 N–H and O–H groups in total. The molecule has 0 spiro atoms. The number of benzene rings is 1. The Morgan fingerprint density at radius 2 is 1.79 bits per heavy atom. The molecule has 1 aliphatic heterocycles. The number of nitrogens with one attached hydrogen (secondary N) is 1. The first kappa shape index (κ1) is 15.7. The SMILES string of the molecule is CCOc1cccnc1NC(=O)CN1C(=O)c2ccccc2C1=O. The highest BCUT2D eigenvalue weighted by molar-refractivity contribution is 6.22. The Balaban J connectivity index is 1.73. The van der Waals surface area contributed by atoms with Crippen molar-refractivity contribution in [1.29, 1.82) is 0 Å². The van der Waals surface area contributed by atoms with Crippen LogP contribution in [0.15, 0.2) is 42.6 Å². The molecule has 2 aromatic rings. The van der Waals surface area contributed by atoms with Crippen LogP contribution in [0.5, 0.6) is 5.75 Å². The van der Waals surface area contributed by atoms with Crippen molar-refractivity contribution in [3.8, 4) is 5.75 Å². The molecule has 0 saturated carbocycles. The second-order valence-corrected chi connectivity index (χ2v) is 5.07. The Labute approximate surface area is 138 Å². The monoisotopic (exact) mass is 325 g/mol. The molecule has 3 amide bonds. The van der Waals surface area contributed by atoms with Gasteiger partial charge in [-0.25, -0.2) is 4.98 Å². The molecule has 0 radical (unpaired) electrons. The van der Waals surface area contributed by atoms with E-state index in [9.17, 15) is 14.4 Å². The zero-order valence-corrected chi connectivity index (χ0v) is 13.0. The quantitative estimate of drug-likeness (QED) is 0.846. The zero-order chi connectivity index (χ0) is 17.1. The van der Waals surface area contributed by atoms with E-state index >= 15 is 0 Å². The average molecular weight is 325 g/mol. The van der Waals surface area contributed by atoms with Gasteiger partial charge in [-0.3, -0.25) is 19.3 Å². The van der Waals surface area contributed by atoms with Gasteiger partial charge in [-0.2, -0.15) is 0 Å². The highest BCUT2D eigenvalue weighted by atomic mass is 16.5. The maximum Gasteiger partial charge on any atom is 0.262 e. The van der Waals surface area contributed by atoms with Gasteiger partial charge in [0.1, 0.15) is 6.54 Å². The van der Waals surface area contributed by atoms with Crippen LogP contribution in [-0.2, 0) is 4.79 Å². The van der Waals surface area contributed by atoms with Crippen molar-refractivity contribution in [3.63, 3.8) is 0 Å². The maximum atomic E-state index is 12.2. The number of carbonyl (C=O) groups is 3. The first-order chi connectivity index (χ1) is 11.6. The van der Waals surface area contributed by atoms with E-state index < -0.39 is 17.7 Å². The molecule has 122 valence electrons. The number of hydrogen-bond donors (Lipinski definition) is 1. The van der Waals surface area contributed by atoms with Crippen molar-refractivity contribution in [2.24, 2.45) is 0 Å². The van der Waals surface area contributed by atoms with Crippen molar-refractivity contribution >= 4 is 23.5 Å². The summed E-state index contributed by atoms with van der Waals surface area (Å²) in [5.74, 6) is -0.797. The molecule has 3 rings (SSSR count). The van der Waals surface area contributed by atoms with Gasteiger partial charge in [0.2, 0.25) is 5.91 Å². The topological polar surface area (TPSA) is 88.6 Å². The number of pyridine rings is 1. The summed E-state index contributed by atoms with van der Waals surface area (Å²) in [6.45, 7) is 1.86. The third-order valence-electron chi connectivity index (χ3n) is 3.51. The van der Waals surface area contributed by atoms with E-state index in [4.69, 9.17) is 4.74 Å². The number of amides is 3. The summed E-state index contributed by atoms with van der Waals surface area (Å²) in [6.07, 6.45) is 1.51. The molecule has 0 fully saturated rings. The summed E-state index contributed by atoms with van der Waals surface area (Å²) in [6, 6.07) is 9.85. The molecule has 0 saturated heterocycles. The summed E-state index contributed by atoms with van der Waals surface area (Å²) < 4.78 is 5.38. The van der Waals surface area contributed by atoms with E-state index in [1.54, 1.807) is 36.4 Å². The molecule has 0 bridgehead atoms. The average Bonchev–Trinajstić information content (AvgIpc) is 2.82. The van der Waals surface area contributed by atoms with Gasteiger partial charge in [0.05, 0.1) is 17.7 Å². The molecule has 0 unspecified atom stereocenters. The van der Waals surface area contributed by atoms with Crippen molar-refractivity contribution in [1.82, 2.24) is 9.88 Å². The van der Waals surface area contributed by atoms with E-state index in [0.717, 1.165) is 4.90 Å². The Hall–Kier alpha value is -3.22. The lowest BCUT2D eigenvalue weighted by Gasteiger charge is -2.14. The van der Waals surface area contributed by atoms with Crippen molar-refractivity contribution in [2.45, 2.75) is 6.92 Å². The Kier molecular flexibility index (Phi) is 4.24. The largest absolute Gasteiger partial charge is 0.490 e. The summed E-state index contributed by atoms with van der Waals surface area (Å²) in [4.78, 5) is 41.7. The molecule has 2 heterocycles. The number of imide groups is 1. The third kappa shape index (κ3) is 2.83. The van der Waals surface area contributed by atoms with E-state index in [2.05, 4.69) is 10.3 Å². The fourth-order valence-electron chi connectivity index (χ4n) is 2.45. The Morgan fingerprint density at radius 1 is 1.12 bits per heavy atom. The fraction of sp³-hybridized carbons (Fsp3) is 0.176.